The molecule has 2 aliphatic rings. The number of terminal acetylenes is 1. The van der Waals surface area contributed by atoms with Crippen LogP contribution in [0.4, 0.5) is 0 Å². The van der Waals surface area contributed by atoms with Crippen LogP contribution in [0.15, 0.2) is 0 Å². The largest absolute Gasteiger partial charge is 0.365 e. The van der Waals surface area contributed by atoms with E-state index in [1.54, 1.807) is 0 Å². The van der Waals surface area contributed by atoms with Crippen LogP contribution in [0.25, 0.3) is 0 Å². The summed E-state index contributed by atoms with van der Waals surface area (Å²) in [6.45, 7) is 0.665. The summed E-state index contributed by atoms with van der Waals surface area (Å²) >= 11 is 0. The highest BCUT2D eigenvalue weighted by molar-refractivity contribution is 5.07. The number of ether oxygens (including phenoxy) is 1. The molecule has 0 aromatic heterocycles. The third-order valence-electron chi connectivity index (χ3n) is 3.36. The lowest BCUT2D eigenvalue weighted by molar-refractivity contribution is -0.210. The molecular formula is C10H14O2. The van der Waals surface area contributed by atoms with Crippen molar-refractivity contribution >= 4 is 0 Å². The Morgan fingerprint density at radius 2 is 2.25 bits per heavy atom. The molecule has 1 N–H and O–H groups in total. The lowest BCUT2D eigenvalue weighted by Crippen LogP contribution is -2.39. The SMILES string of the molecule is C#CCC12CCCC1(O)OCC2. The van der Waals surface area contributed by atoms with E-state index in [1.165, 1.54) is 0 Å². The van der Waals surface area contributed by atoms with Crippen LogP contribution in [0.3, 0.4) is 0 Å². The summed E-state index contributed by atoms with van der Waals surface area (Å²) in [5, 5.41) is 10.1. The van der Waals surface area contributed by atoms with Crippen LogP contribution in [-0.4, -0.2) is 17.5 Å². The van der Waals surface area contributed by atoms with Crippen LogP contribution >= 0.6 is 0 Å². The van der Waals surface area contributed by atoms with Gasteiger partial charge in [-0.1, -0.05) is 0 Å². The molecule has 2 atom stereocenters. The fourth-order valence-electron chi connectivity index (χ4n) is 2.60. The Bertz CT molecular complexity index is 216. The van der Waals surface area contributed by atoms with Crippen molar-refractivity contribution in [3.05, 3.63) is 0 Å². The molecule has 12 heavy (non-hydrogen) atoms. The summed E-state index contributed by atoms with van der Waals surface area (Å²) in [5.41, 5.74) is -0.109. The van der Waals surface area contributed by atoms with E-state index in [0.29, 0.717) is 13.0 Å². The summed E-state index contributed by atoms with van der Waals surface area (Å²) in [7, 11) is 0. The van der Waals surface area contributed by atoms with Gasteiger partial charge in [-0.15, -0.1) is 12.3 Å². The van der Waals surface area contributed by atoms with Gasteiger partial charge in [-0.25, -0.2) is 0 Å². The third-order valence-corrected chi connectivity index (χ3v) is 3.36. The second kappa shape index (κ2) is 2.48. The Kier molecular flexibility index (Phi) is 1.67. The van der Waals surface area contributed by atoms with Gasteiger partial charge in [0.05, 0.1) is 6.61 Å². The highest BCUT2D eigenvalue weighted by Gasteiger charge is 2.57. The van der Waals surface area contributed by atoms with E-state index >= 15 is 0 Å². The summed E-state index contributed by atoms with van der Waals surface area (Å²) in [6.07, 6.45) is 9.70. The smallest absolute Gasteiger partial charge is 0.172 e. The maximum atomic E-state index is 10.1. The Morgan fingerprint density at radius 1 is 1.42 bits per heavy atom. The van der Waals surface area contributed by atoms with Crippen LogP contribution in [0.1, 0.15) is 32.1 Å². The van der Waals surface area contributed by atoms with Crippen molar-refractivity contribution < 1.29 is 9.84 Å². The topological polar surface area (TPSA) is 29.5 Å². The number of hydrogen-bond acceptors (Lipinski definition) is 2. The lowest BCUT2D eigenvalue weighted by Gasteiger charge is -2.32. The molecule has 1 heterocycles. The normalized spacial score (nSPS) is 45.7. The molecule has 0 aromatic carbocycles. The van der Waals surface area contributed by atoms with Gasteiger partial charge in [0.15, 0.2) is 5.79 Å². The number of fused-ring (bicyclic) bond motifs is 1. The van der Waals surface area contributed by atoms with Crippen molar-refractivity contribution in [1.29, 1.82) is 0 Å². The van der Waals surface area contributed by atoms with Crippen LogP contribution in [-0.2, 0) is 4.74 Å². The van der Waals surface area contributed by atoms with Gasteiger partial charge in [0, 0.05) is 18.3 Å². The van der Waals surface area contributed by atoms with Crippen LogP contribution in [0.5, 0.6) is 0 Å². The molecule has 2 fully saturated rings. The van der Waals surface area contributed by atoms with Gasteiger partial charge in [0.1, 0.15) is 0 Å². The second-order valence-corrected chi connectivity index (χ2v) is 3.90. The highest BCUT2D eigenvalue weighted by atomic mass is 16.6. The molecule has 2 rings (SSSR count). The molecule has 0 aromatic rings. The van der Waals surface area contributed by atoms with Crippen molar-refractivity contribution in [2.24, 2.45) is 5.41 Å². The first-order chi connectivity index (χ1) is 5.72. The van der Waals surface area contributed by atoms with Crippen molar-refractivity contribution in [2.75, 3.05) is 6.61 Å². The highest BCUT2D eigenvalue weighted by Crippen LogP contribution is 2.55. The Balaban J connectivity index is 2.27. The van der Waals surface area contributed by atoms with Gasteiger partial charge in [0.2, 0.25) is 0 Å². The molecule has 1 aliphatic heterocycles. The van der Waals surface area contributed by atoms with E-state index in [4.69, 9.17) is 11.2 Å². The van der Waals surface area contributed by atoms with E-state index in [2.05, 4.69) is 5.92 Å². The predicted molar refractivity (Wildman–Crippen MR) is 45.3 cm³/mol. The first-order valence-corrected chi connectivity index (χ1v) is 4.52. The molecule has 0 bridgehead atoms. The maximum Gasteiger partial charge on any atom is 0.172 e. The van der Waals surface area contributed by atoms with Crippen molar-refractivity contribution in [3.63, 3.8) is 0 Å². The van der Waals surface area contributed by atoms with Gasteiger partial charge in [-0.2, -0.15) is 0 Å². The molecular weight excluding hydrogens is 152 g/mol. The average Bonchev–Trinajstić information content (AvgIpc) is 2.42. The Morgan fingerprint density at radius 3 is 3.00 bits per heavy atom. The van der Waals surface area contributed by atoms with Gasteiger partial charge >= 0.3 is 0 Å². The quantitative estimate of drug-likeness (QED) is 0.595. The van der Waals surface area contributed by atoms with Crippen molar-refractivity contribution in [3.8, 4) is 12.3 Å². The Hall–Kier alpha value is -0.520. The van der Waals surface area contributed by atoms with E-state index in [9.17, 15) is 5.11 Å². The number of aliphatic hydroxyl groups is 1. The van der Waals surface area contributed by atoms with Crippen molar-refractivity contribution in [2.45, 2.75) is 37.9 Å². The van der Waals surface area contributed by atoms with Crippen molar-refractivity contribution in [1.82, 2.24) is 0 Å². The molecule has 1 aliphatic carbocycles. The van der Waals surface area contributed by atoms with Crippen LogP contribution < -0.4 is 0 Å². The van der Waals surface area contributed by atoms with Gasteiger partial charge in [0.25, 0.3) is 0 Å². The van der Waals surface area contributed by atoms with Gasteiger partial charge in [-0.05, 0) is 19.3 Å². The molecule has 1 saturated heterocycles. The molecule has 66 valence electrons. The third kappa shape index (κ3) is 0.840. The van der Waals surface area contributed by atoms with E-state index in [-0.39, 0.29) is 5.41 Å². The molecule has 1 saturated carbocycles. The van der Waals surface area contributed by atoms with Gasteiger partial charge in [-0.3, -0.25) is 0 Å². The number of rotatable bonds is 1. The Labute approximate surface area is 72.9 Å². The molecule has 2 unspecified atom stereocenters. The minimum absolute atomic E-state index is 0.109. The van der Waals surface area contributed by atoms with E-state index in [0.717, 1.165) is 25.7 Å². The zero-order valence-electron chi connectivity index (χ0n) is 7.18. The first kappa shape index (κ1) is 8.10. The predicted octanol–water partition coefficient (Wildman–Crippen LogP) is 1.29. The molecule has 0 amide bonds. The minimum atomic E-state index is -0.890. The fourth-order valence-corrected chi connectivity index (χ4v) is 2.60. The summed E-state index contributed by atoms with van der Waals surface area (Å²) in [4.78, 5) is 0. The summed E-state index contributed by atoms with van der Waals surface area (Å²) < 4.78 is 5.38. The second-order valence-electron chi connectivity index (χ2n) is 3.90. The molecule has 0 spiro atoms. The summed E-state index contributed by atoms with van der Waals surface area (Å²) in [5.74, 6) is 1.77. The molecule has 2 nitrogen and oxygen atoms in total. The van der Waals surface area contributed by atoms with E-state index in [1.807, 2.05) is 0 Å². The van der Waals surface area contributed by atoms with Gasteiger partial charge < -0.3 is 9.84 Å². The average molecular weight is 166 g/mol. The molecule has 2 heteroatoms. The fraction of sp³-hybridized carbons (Fsp3) is 0.800. The molecule has 0 radical (unpaired) electrons. The maximum absolute atomic E-state index is 10.1. The first-order valence-electron chi connectivity index (χ1n) is 4.52. The minimum Gasteiger partial charge on any atom is -0.365 e. The number of hydrogen-bond donors (Lipinski definition) is 1. The van der Waals surface area contributed by atoms with Crippen LogP contribution in [0, 0.1) is 17.8 Å². The zero-order chi connectivity index (χ0) is 8.66. The zero-order valence-corrected chi connectivity index (χ0v) is 7.18. The summed E-state index contributed by atoms with van der Waals surface area (Å²) in [6, 6.07) is 0. The van der Waals surface area contributed by atoms with E-state index < -0.39 is 5.79 Å². The standard InChI is InChI=1S/C10H14O2/c1-2-4-9-5-3-6-10(9,11)12-8-7-9/h1,11H,3-8H2. The van der Waals surface area contributed by atoms with Crippen LogP contribution in [0.2, 0.25) is 0 Å². The lowest BCUT2D eigenvalue weighted by atomic mass is 9.78. The monoisotopic (exact) mass is 166 g/mol.